The highest BCUT2D eigenvalue weighted by atomic mass is 16.5. The van der Waals surface area contributed by atoms with E-state index in [1.54, 1.807) is 48.8 Å². The van der Waals surface area contributed by atoms with Crippen LogP contribution in [0.15, 0.2) is 65.8 Å². The summed E-state index contributed by atoms with van der Waals surface area (Å²) in [7, 11) is 1.32. The minimum atomic E-state index is -0.506. The second kappa shape index (κ2) is 11.0. The van der Waals surface area contributed by atoms with E-state index in [1.807, 2.05) is 18.2 Å². The van der Waals surface area contributed by atoms with Gasteiger partial charge in [0.25, 0.3) is 5.56 Å². The van der Waals surface area contributed by atoms with Gasteiger partial charge in [-0.3, -0.25) is 24.9 Å². The molecule has 0 aliphatic carbocycles. The van der Waals surface area contributed by atoms with Crippen LogP contribution in [0.3, 0.4) is 0 Å². The van der Waals surface area contributed by atoms with Gasteiger partial charge in [0.1, 0.15) is 0 Å². The second-order valence-electron chi connectivity index (χ2n) is 6.53. The zero-order valence-electron chi connectivity index (χ0n) is 17.9. The molecule has 2 N–H and O–H groups in total. The summed E-state index contributed by atoms with van der Waals surface area (Å²) in [5.41, 5.74) is 1.42. The Morgan fingerprint density at radius 2 is 1.76 bits per heavy atom. The van der Waals surface area contributed by atoms with Crippen LogP contribution < -0.4 is 10.9 Å². The summed E-state index contributed by atoms with van der Waals surface area (Å²) in [4.78, 5) is 53.2. The van der Waals surface area contributed by atoms with Crippen LogP contribution in [-0.2, 0) is 9.53 Å². The number of esters is 1. The van der Waals surface area contributed by atoms with Crippen molar-refractivity contribution >= 4 is 41.1 Å². The van der Waals surface area contributed by atoms with Gasteiger partial charge in [0, 0.05) is 19.3 Å². The van der Waals surface area contributed by atoms with Gasteiger partial charge in [-0.25, -0.2) is 14.8 Å². The number of nitrogens with one attached hydrogen (secondary N) is 2. The minimum Gasteiger partial charge on any atom is -0.465 e. The van der Waals surface area contributed by atoms with Gasteiger partial charge in [-0.15, -0.1) is 0 Å². The predicted octanol–water partition coefficient (Wildman–Crippen LogP) is 2.71. The number of H-pyrrole nitrogens is 1. The number of benzene rings is 1. The molecule has 3 aromatic heterocycles. The molecule has 0 aliphatic rings. The number of amides is 1. The maximum absolute atomic E-state index is 12.1. The molecule has 10 nitrogen and oxygen atoms in total. The van der Waals surface area contributed by atoms with Crippen LogP contribution in [0.4, 0.5) is 5.95 Å². The fraction of sp³-hybridized carbons (Fsp3) is 0.0870. The molecule has 3 heterocycles. The van der Waals surface area contributed by atoms with Gasteiger partial charge in [-0.1, -0.05) is 24.3 Å². The van der Waals surface area contributed by atoms with Crippen LogP contribution in [0.25, 0.3) is 23.3 Å². The Hall–Kier alpha value is -4.73. The number of hydrogen-bond donors (Lipinski definition) is 2. The van der Waals surface area contributed by atoms with Crippen molar-refractivity contribution in [2.45, 2.75) is 6.92 Å². The van der Waals surface area contributed by atoms with Crippen LogP contribution in [0.5, 0.6) is 0 Å². The van der Waals surface area contributed by atoms with Crippen LogP contribution in [0, 0.1) is 0 Å². The number of aromatic nitrogens is 5. The zero-order valence-corrected chi connectivity index (χ0v) is 17.9. The number of ether oxygens (including phenoxy) is 1. The molecule has 0 radical (unpaired) electrons. The van der Waals surface area contributed by atoms with E-state index < -0.39 is 11.5 Å². The lowest BCUT2D eigenvalue weighted by molar-refractivity contribution is -0.114. The summed E-state index contributed by atoms with van der Waals surface area (Å²) in [6.07, 6.45) is 8.41. The fourth-order valence-corrected chi connectivity index (χ4v) is 2.58. The predicted molar refractivity (Wildman–Crippen MR) is 123 cm³/mol. The van der Waals surface area contributed by atoms with Gasteiger partial charge in [-0.05, 0) is 35.9 Å². The molecule has 33 heavy (non-hydrogen) atoms. The number of aromatic amines is 1. The number of rotatable bonds is 4. The van der Waals surface area contributed by atoms with Crippen molar-refractivity contribution in [2.75, 3.05) is 12.4 Å². The van der Waals surface area contributed by atoms with Crippen LogP contribution in [0.1, 0.15) is 28.5 Å². The fourth-order valence-electron chi connectivity index (χ4n) is 2.58. The van der Waals surface area contributed by atoms with Crippen molar-refractivity contribution in [3.05, 3.63) is 88.2 Å². The molecule has 0 atom stereocenters. The first-order valence-corrected chi connectivity index (χ1v) is 9.72. The van der Waals surface area contributed by atoms with Gasteiger partial charge >= 0.3 is 5.97 Å². The largest absolute Gasteiger partial charge is 0.465 e. The number of pyridine rings is 1. The van der Waals surface area contributed by atoms with Crippen molar-refractivity contribution in [1.82, 2.24) is 24.9 Å². The molecule has 0 saturated heterocycles. The van der Waals surface area contributed by atoms with Crippen molar-refractivity contribution in [1.29, 1.82) is 0 Å². The van der Waals surface area contributed by atoms with E-state index in [1.165, 1.54) is 20.2 Å². The first kappa shape index (κ1) is 22.9. The van der Waals surface area contributed by atoms with Crippen LogP contribution in [0.2, 0.25) is 0 Å². The molecule has 0 bridgehead atoms. The molecule has 0 spiro atoms. The number of anilines is 1. The normalized spacial score (nSPS) is 10.4. The lowest BCUT2D eigenvalue weighted by Crippen LogP contribution is -2.17. The van der Waals surface area contributed by atoms with E-state index in [-0.39, 0.29) is 23.0 Å². The number of carbonyl (C=O) groups excluding carboxylic acids is 2. The van der Waals surface area contributed by atoms with E-state index in [2.05, 4.69) is 35.0 Å². The SMILES string of the molecule is COC(=O)c1ccc(/C=C/c2cnc3nc(NC(C)=O)[nH]c(=O)c3n2)cc1.c1ccncc1. The van der Waals surface area contributed by atoms with Crippen molar-refractivity contribution in [3.8, 4) is 0 Å². The molecule has 0 aliphatic heterocycles. The van der Waals surface area contributed by atoms with Crippen LogP contribution in [-0.4, -0.2) is 43.9 Å². The monoisotopic (exact) mass is 444 g/mol. The first-order valence-electron chi connectivity index (χ1n) is 9.72. The minimum absolute atomic E-state index is 0.0169. The van der Waals surface area contributed by atoms with Crippen molar-refractivity contribution < 1.29 is 14.3 Å². The molecule has 0 saturated carbocycles. The van der Waals surface area contributed by atoms with E-state index in [4.69, 9.17) is 0 Å². The molecule has 0 unspecified atom stereocenters. The third-order valence-corrected chi connectivity index (χ3v) is 4.08. The van der Waals surface area contributed by atoms with Gasteiger partial charge < -0.3 is 4.74 Å². The van der Waals surface area contributed by atoms with Gasteiger partial charge in [-0.2, -0.15) is 4.98 Å². The van der Waals surface area contributed by atoms with E-state index in [0.717, 1.165) is 5.56 Å². The van der Waals surface area contributed by atoms with E-state index in [9.17, 15) is 14.4 Å². The third kappa shape index (κ3) is 6.62. The van der Waals surface area contributed by atoms with Crippen molar-refractivity contribution in [3.63, 3.8) is 0 Å². The first-order chi connectivity index (χ1) is 16.0. The molecular formula is C23H20N6O4. The molecule has 166 valence electrons. The summed E-state index contributed by atoms with van der Waals surface area (Å²) in [5, 5.41) is 2.40. The maximum atomic E-state index is 12.1. The highest BCUT2D eigenvalue weighted by molar-refractivity contribution is 5.89. The standard InChI is InChI=1S/C18H15N5O4.C5H5N/c1-10(24)20-18-22-15-14(16(25)23-18)21-13(9-19-15)8-5-11-3-6-12(7-4-11)17(26)27-2;1-2-4-6-5-3-1/h3-9H,1-2H3,(H2,19,20,22,23,24,25);1-5H/b8-5+;. The molecule has 0 fully saturated rings. The second-order valence-corrected chi connectivity index (χ2v) is 6.53. The van der Waals surface area contributed by atoms with E-state index >= 15 is 0 Å². The van der Waals surface area contributed by atoms with Crippen molar-refractivity contribution in [2.24, 2.45) is 0 Å². The van der Waals surface area contributed by atoms with E-state index in [0.29, 0.717) is 11.3 Å². The number of methoxy groups -OCH3 is 1. The summed E-state index contributed by atoms with van der Waals surface area (Å²) >= 11 is 0. The Labute approximate surface area is 188 Å². The average molecular weight is 444 g/mol. The molecule has 1 aromatic carbocycles. The molecule has 4 aromatic rings. The Morgan fingerprint density at radius 1 is 1.03 bits per heavy atom. The smallest absolute Gasteiger partial charge is 0.337 e. The highest BCUT2D eigenvalue weighted by Gasteiger charge is 2.08. The van der Waals surface area contributed by atoms with Crippen LogP contribution >= 0.6 is 0 Å². The number of fused-ring (bicyclic) bond motifs is 1. The molecular weight excluding hydrogens is 424 g/mol. The zero-order chi connectivity index (χ0) is 23.6. The van der Waals surface area contributed by atoms with Gasteiger partial charge in [0.2, 0.25) is 11.9 Å². The lowest BCUT2D eigenvalue weighted by Gasteiger charge is -2.02. The Bertz CT molecular complexity index is 1310. The van der Waals surface area contributed by atoms with Gasteiger partial charge in [0.15, 0.2) is 11.2 Å². The topological polar surface area (TPSA) is 140 Å². The molecule has 1 amide bonds. The Kier molecular flexibility index (Phi) is 7.68. The molecule has 4 rings (SSSR count). The Balaban J connectivity index is 0.000000442. The maximum Gasteiger partial charge on any atom is 0.337 e. The summed E-state index contributed by atoms with van der Waals surface area (Å²) in [5.74, 6) is -0.747. The number of hydrogen-bond acceptors (Lipinski definition) is 8. The van der Waals surface area contributed by atoms with Gasteiger partial charge in [0.05, 0.1) is 24.6 Å². The summed E-state index contributed by atoms with van der Waals surface area (Å²) < 4.78 is 4.65. The lowest BCUT2D eigenvalue weighted by atomic mass is 10.1. The highest BCUT2D eigenvalue weighted by Crippen LogP contribution is 2.11. The summed E-state index contributed by atoms with van der Waals surface area (Å²) in [6.45, 7) is 1.31. The quantitative estimate of drug-likeness (QED) is 0.458. The third-order valence-electron chi connectivity index (χ3n) is 4.08. The number of nitrogens with zero attached hydrogens (tertiary/aromatic N) is 4. The average Bonchev–Trinajstić information content (AvgIpc) is 2.84. The number of carbonyl (C=O) groups is 2. The molecule has 10 heteroatoms. The Morgan fingerprint density at radius 3 is 2.33 bits per heavy atom. The summed E-state index contributed by atoms with van der Waals surface area (Å²) in [6, 6.07) is 12.5.